The molecule has 1 rings (SSSR count). The molecule has 96 valence electrons. The van der Waals surface area contributed by atoms with Gasteiger partial charge in [-0.2, -0.15) is 0 Å². The van der Waals surface area contributed by atoms with Crippen LogP contribution in [0.15, 0.2) is 18.2 Å². The first-order chi connectivity index (χ1) is 8.43. The van der Waals surface area contributed by atoms with E-state index in [1.54, 1.807) is 13.0 Å². The van der Waals surface area contributed by atoms with E-state index < -0.39 is 5.97 Å². The minimum Gasteiger partial charge on any atom is -0.478 e. The highest BCUT2D eigenvalue weighted by Crippen LogP contribution is 2.20. The van der Waals surface area contributed by atoms with Crippen LogP contribution in [0.4, 0.5) is 5.69 Å². The Balaban J connectivity index is 2.79. The fourth-order valence-electron chi connectivity index (χ4n) is 1.14. The lowest BCUT2D eigenvalue weighted by atomic mass is 10.2. The lowest BCUT2D eigenvalue weighted by Gasteiger charge is -2.09. The second kappa shape index (κ2) is 6.32. The number of carbonyl (C=O) groups is 2. The molecule has 18 heavy (non-hydrogen) atoms. The summed E-state index contributed by atoms with van der Waals surface area (Å²) in [5.41, 5.74) is 0.407. The van der Waals surface area contributed by atoms with Crippen molar-refractivity contribution in [2.45, 2.75) is 13.3 Å². The molecular weight excluding hydrogens is 276 g/mol. The Hall–Kier alpha value is -1.66. The van der Waals surface area contributed by atoms with Gasteiger partial charge in [0.15, 0.2) is 5.11 Å². The largest absolute Gasteiger partial charge is 0.478 e. The van der Waals surface area contributed by atoms with E-state index in [1.165, 1.54) is 12.1 Å². The molecule has 0 unspecified atom stereocenters. The van der Waals surface area contributed by atoms with Crippen molar-refractivity contribution in [3.8, 4) is 0 Å². The molecule has 0 heterocycles. The van der Waals surface area contributed by atoms with Gasteiger partial charge in [0.25, 0.3) is 0 Å². The van der Waals surface area contributed by atoms with Gasteiger partial charge in [-0.3, -0.25) is 4.79 Å². The third-order valence-electron chi connectivity index (χ3n) is 2.03. The van der Waals surface area contributed by atoms with Crippen molar-refractivity contribution < 1.29 is 14.7 Å². The number of amides is 1. The first-order valence-electron chi connectivity index (χ1n) is 5.07. The normalized spacial score (nSPS) is 9.67. The zero-order chi connectivity index (χ0) is 13.7. The van der Waals surface area contributed by atoms with Crippen LogP contribution in [0.3, 0.4) is 0 Å². The smallest absolute Gasteiger partial charge is 0.337 e. The van der Waals surface area contributed by atoms with Crippen LogP contribution in [0.1, 0.15) is 23.7 Å². The summed E-state index contributed by atoms with van der Waals surface area (Å²) in [7, 11) is 0. The van der Waals surface area contributed by atoms with Crippen LogP contribution >= 0.6 is 23.8 Å². The van der Waals surface area contributed by atoms with Crippen LogP contribution in [-0.4, -0.2) is 22.1 Å². The number of nitrogens with one attached hydrogen (secondary N) is 2. The number of carboxylic acids is 1. The van der Waals surface area contributed by atoms with Crippen LogP contribution < -0.4 is 10.6 Å². The van der Waals surface area contributed by atoms with Crippen LogP contribution in [0.5, 0.6) is 0 Å². The van der Waals surface area contributed by atoms with Crippen molar-refractivity contribution in [1.29, 1.82) is 0 Å². The van der Waals surface area contributed by atoms with E-state index in [4.69, 9.17) is 28.9 Å². The monoisotopic (exact) mass is 286 g/mol. The van der Waals surface area contributed by atoms with Gasteiger partial charge in [0, 0.05) is 12.1 Å². The second-order valence-corrected chi connectivity index (χ2v) is 4.17. The SMILES string of the molecule is CCC(=O)NC(=S)Nc1ccc(Cl)c(C(=O)O)c1. The summed E-state index contributed by atoms with van der Waals surface area (Å²) in [6, 6.07) is 4.35. The zero-order valence-corrected chi connectivity index (χ0v) is 11.1. The zero-order valence-electron chi connectivity index (χ0n) is 9.49. The van der Waals surface area contributed by atoms with E-state index >= 15 is 0 Å². The van der Waals surface area contributed by atoms with E-state index in [9.17, 15) is 9.59 Å². The Kier molecular flexibility index (Phi) is 5.06. The molecule has 7 heteroatoms. The number of carboxylic acid groups (broad SMARTS) is 1. The maximum atomic E-state index is 11.1. The molecule has 1 aromatic rings. The maximum absolute atomic E-state index is 11.1. The number of halogens is 1. The van der Waals surface area contributed by atoms with E-state index in [1.807, 2.05) is 0 Å². The second-order valence-electron chi connectivity index (χ2n) is 3.36. The van der Waals surface area contributed by atoms with Crippen LogP contribution in [0.25, 0.3) is 0 Å². The Morgan fingerprint density at radius 1 is 1.44 bits per heavy atom. The minimum absolute atomic E-state index is 0.0358. The van der Waals surface area contributed by atoms with Crippen molar-refractivity contribution in [2.24, 2.45) is 0 Å². The number of anilines is 1. The predicted octanol–water partition coefficient (Wildman–Crippen LogP) is 2.26. The Morgan fingerprint density at radius 3 is 2.67 bits per heavy atom. The van der Waals surface area contributed by atoms with Gasteiger partial charge in [0.05, 0.1) is 10.6 Å². The highest BCUT2D eigenvalue weighted by Gasteiger charge is 2.10. The number of rotatable bonds is 3. The van der Waals surface area contributed by atoms with Crippen LogP contribution in [0.2, 0.25) is 5.02 Å². The molecular formula is C11H11ClN2O3S. The predicted molar refractivity (Wildman–Crippen MR) is 73.1 cm³/mol. The third-order valence-corrected chi connectivity index (χ3v) is 2.56. The molecule has 0 aromatic heterocycles. The van der Waals surface area contributed by atoms with Crippen molar-refractivity contribution in [3.63, 3.8) is 0 Å². The summed E-state index contributed by atoms with van der Waals surface area (Å²) >= 11 is 10.6. The third kappa shape index (κ3) is 3.97. The molecule has 0 aliphatic carbocycles. The summed E-state index contributed by atoms with van der Waals surface area (Å²) in [4.78, 5) is 22.0. The number of carbonyl (C=O) groups excluding carboxylic acids is 1. The maximum Gasteiger partial charge on any atom is 0.337 e. The van der Waals surface area contributed by atoms with Gasteiger partial charge in [0.1, 0.15) is 0 Å². The number of thiocarbonyl (C=S) groups is 1. The Morgan fingerprint density at radius 2 is 2.11 bits per heavy atom. The van der Waals surface area contributed by atoms with Crippen molar-refractivity contribution >= 4 is 46.5 Å². The number of benzene rings is 1. The number of aromatic carboxylic acids is 1. The molecule has 1 amide bonds. The molecule has 0 spiro atoms. The molecule has 0 aliphatic heterocycles. The highest BCUT2D eigenvalue weighted by molar-refractivity contribution is 7.80. The molecule has 0 aliphatic rings. The molecule has 0 bridgehead atoms. The molecule has 3 N–H and O–H groups in total. The number of hydrogen-bond acceptors (Lipinski definition) is 3. The van der Waals surface area contributed by atoms with Gasteiger partial charge in [-0.15, -0.1) is 0 Å². The Labute approximate surface area is 114 Å². The molecule has 1 aromatic carbocycles. The van der Waals surface area contributed by atoms with Gasteiger partial charge in [0.2, 0.25) is 5.91 Å². The first kappa shape index (κ1) is 14.4. The van der Waals surface area contributed by atoms with Crippen molar-refractivity contribution in [1.82, 2.24) is 5.32 Å². The number of hydrogen-bond donors (Lipinski definition) is 3. The average Bonchev–Trinajstić information content (AvgIpc) is 2.31. The molecule has 0 fully saturated rings. The van der Waals surface area contributed by atoms with Gasteiger partial charge < -0.3 is 15.7 Å². The molecule has 0 atom stereocenters. The average molecular weight is 287 g/mol. The highest BCUT2D eigenvalue weighted by atomic mass is 35.5. The van der Waals surface area contributed by atoms with Gasteiger partial charge in [-0.05, 0) is 30.4 Å². The van der Waals surface area contributed by atoms with Crippen molar-refractivity contribution in [2.75, 3.05) is 5.32 Å². The molecule has 0 radical (unpaired) electrons. The summed E-state index contributed by atoms with van der Waals surface area (Å²) in [5, 5.41) is 14.3. The van der Waals surface area contributed by atoms with Crippen molar-refractivity contribution in [3.05, 3.63) is 28.8 Å². The summed E-state index contributed by atoms with van der Waals surface area (Å²) in [6.45, 7) is 1.70. The first-order valence-corrected chi connectivity index (χ1v) is 5.86. The summed E-state index contributed by atoms with van der Waals surface area (Å²) in [5.74, 6) is -1.35. The van der Waals surface area contributed by atoms with E-state index in [2.05, 4.69) is 10.6 Å². The lowest BCUT2D eigenvalue weighted by Crippen LogP contribution is -2.33. The van der Waals surface area contributed by atoms with E-state index in [0.717, 1.165) is 0 Å². The van der Waals surface area contributed by atoms with E-state index in [-0.39, 0.29) is 21.6 Å². The summed E-state index contributed by atoms with van der Waals surface area (Å²) in [6.07, 6.45) is 0.308. The minimum atomic E-state index is -1.13. The molecule has 0 saturated heterocycles. The van der Waals surface area contributed by atoms with Crippen LogP contribution in [0, 0.1) is 0 Å². The van der Waals surface area contributed by atoms with Crippen LogP contribution in [-0.2, 0) is 4.79 Å². The topological polar surface area (TPSA) is 78.4 Å². The fraction of sp³-hybridized carbons (Fsp3) is 0.182. The van der Waals surface area contributed by atoms with Gasteiger partial charge >= 0.3 is 5.97 Å². The quantitative estimate of drug-likeness (QED) is 0.743. The van der Waals surface area contributed by atoms with E-state index in [0.29, 0.717) is 12.1 Å². The van der Waals surface area contributed by atoms with Gasteiger partial charge in [-0.25, -0.2) is 4.79 Å². The standard InChI is InChI=1S/C11H11ClN2O3S/c1-2-9(15)14-11(18)13-6-3-4-8(12)7(5-6)10(16)17/h3-5H,2H2,1H3,(H,16,17)(H2,13,14,15,18). The molecule has 5 nitrogen and oxygen atoms in total. The molecule has 0 saturated carbocycles. The fourth-order valence-corrected chi connectivity index (χ4v) is 1.57. The Bertz CT molecular complexity index is 505. The van der Waals surface area contributed by atoms with Gasteiger partial charge in [-0.1, -0.05) is 18.5 Å². The lowest BCUT2D eigenvalue weighted by molar-refractivity contribution is -0.119. The summed E-state index contributed by atoms with van der Waals surface area (Å²) < 4.78 is 0.